The maximum atomic E-state index is 11.6. The molecule has 5 nitrogen and oxygen atoms in total. The van der Waals surface area contributed by atoms with Crippen molar-refractivity contribution in [2.75, 3.05) is 26.4 Å². The summed E-state index contributed by atoms with van der Waals surface area (Å²) in [5.74, 6) is -0.362. The predicted molar refractivity (Wildman–Crippen MR) is 63.7 cm³/mol. The Labute approximate surface area is 103 Å². The quantitative estimate of drug-likeness (QED) is 0.435. The number of carbonyl (C=O) groups excluding carboxylic acids is 1. The van der Waals surface area contributed by atoms with Crippen LogP contribution in [0.15, 0.2) is 0 Å². The maximum Gasteiger partial charge on any atom is 0.335 e. The molecule has 1 unspecified atom stereocenters. The van der Waals surface area contributed by atoms with Gasteiger partial charge >= 0.3 is 5.97 Å². The molecule has 0 aromatic rings. The van der Waals surface area contributed by atoms with Crippen molar-refractivity contribution in [3.63, 3.8) is 0 Å². The van der Waals surface area contributed by atoms with E-state index in [0.717, 1.165) is 0 Å². The van der Waals surface area contributed by atoms with Crippen molar-refractivity contribution in [2.45, 2.75) is 46.5 Å². The van der Waals surface area contributed by atoms with Crippen LogP contribution < -0.4 is 0 Å². The third kappa shape index (κ3) is 7.31. The van der Waals surface area contributed by atoms with Gasteiger partial charge in [-0.25, -0.2) is 4.79 Å². The summed E-state index contributed by atoms with van der Waals surface area (Å²) in [4.78, 5) is 11.6. The third-order valence-electron chi connectivity index (χ3n) is 2.03. The number of rotatable bonds is 10. The Morgan fingerprint density at radius 1 is 0.882 bits per heavy atom. The van der Waals surface area contributed by atoms with Gasteiger partial charge in [-0.2, -0.15) is 0 Å². The SMILES string of the molecule is CCOC(=O)C(CC(OCC)OCC)OCC. The van der Waals surface area contributed by atoms with Gasteiger partial charge in [-0.3, -0.25) is 0 Å². The minimum atomic E-state index is -0.622. The van der Waals surface area contributed by atoms with E-state index in [9.17, 15) is 4.79 Å². The second-order valence-corrected chi connectivity index (χ2v) is 3.27. The van der Waals surface area contributed by atoms with Gasteiger partial charge < -0.3 is 18.9 Å². The van der Waals surface area contributed by atoms with Crippen LogP contribution in [0.2, 0.25) is 0 Å². The van der Waals surface area contributed by atoms with Crippen LogP contribution in [0.1, 0.15) is 34.1 Å². The maximum absolute atomic E-state index is 11.6. The number of esters is 1. The van der Waals surface area contributed by atoms with Gasteiger partial charge in [0.2, 0.25) is 0 Å². The minimum Gasteiger partial charge on any atom is -0.464 e. The molecule has 0 saturated heterocycles. The highest BCUT2D eigenvalue weighted by atomic mass is 16.7. The lowest BCUT2D eigenvalue weighted by molar-refractivity contribution is -0.178. The van der Waals surface area contributed by atoms with Gasteiger partial charge in [0.05, 0.1) is 6.61 Å². The van der Waals surface area contributed by atoms with Gasteiger partial charge in [0.15, 0.2) is 12.4 Å². The Bertz CT molecular complexity index is 189. The third-order valence-corrected chi connectivity index (χ3v) is 2.03. The number of hydrogen-bond acceptors (Lipinski definition) is 5. The van der Waals surface area contributed by atoms with E-state index in [1.807, 2.05) is 20.8 Å². The smallest absolute Gasteiger partial charge is 0.335 e. The Balaban J connectivity index is 4.31. The fraction of sp³-hybridized carbons (Fsp3) is 0.917. The van der Waals surface area contributed by atoms with Gasteiger partial charge in [-0.05, 0) is 27.7 Å². The molecule has 0 fully saturated rings. The van der Waals surface area contributed by atoms with E-state index >= 15 is 0 Å². The Hall–Kier alpha value is -0.650. The summed E-state index contributed by atoms with van der Waals surface area (Å²) in [5, 5.41) is 0. The highest BCUT2D eigenvalue weighted by Gasteiger charge is 2.25. The van der Waals surface area contributed by atoms with Crippen LogP contribution in [0.25, 0.3) is 0 Å². The molecule has 0 spiro atoms. The van der Waals surface area contributed by atoms with E-state index in [2.05, 4.69) is 0 Å². The van der Waals surface area contributed by atoms with Crippen LogP contribution in [0.4, 0.5) is 0 Å². The molecule has 0 radical (unpaired) electrons. The van der Waals surface area contributed by atoms with Crippen molar-refractivity contribution in [1.82, 2.24) is 0 Å². The summed E-state index contributed by atoms with van der Waals surface area (Å²) in [6.45, 7) is 9.23. The molecule has 0 aromatic heterocycles. The summed E-state index contributed by atoms with van der Waals surface area (Å²) in [6.07, 6.45) is -0.692. The van der Waals surface area contributed by atoms with E-state index in [1.165, 1.54) is 0 Å². The molecule has 0 amide bonds. The Morgan fingerprint density at radius 2 is 1.41 bits per heavy atom. The van der Waals surface area contributed by atoms with Crippen LogP contribution in [-0.2, 0) is 23.7 Å². The Morgan fingerprint density at radius 3 is 1.82 bits per heavy atom. The van der Waals surface area contributed by atoms with E-state index in [0.29, 0.717) is 32.8 Å². The second-order valence-electron chi connectivity index (χ2n) is 3.27. The van der Waals surface area contributed by atoms with Crippen LogP contribution in [0.3, 0.4) is 0 Å². The van der Waals surface area contributed by atoms with Crippen LogP contribution in [-0.4, -0.2) is 44.8 Å². The molecule has 0 aliphatic carbocycles. The molecule has 1 atom stereocenters. The summed E-state index contributed by atoms with van der Waals surface area (Å²) in [5.41, 5.74) is 0. The van der Waals surface area contributed by atoms with E-state index in [1.54, 1.807) is 6.92 Å². The standard InChI is InChI=1S/C12H24O5/c1-5-14-10(12(13)17-8-4)9-11(15-6-2)16-7-3/h10-11H,5-9H2,1-4H3. The molecule has 0 saturated carbocycles. The average molecular weight is 248 g/mol. The predicted octanol–water partition coefficient (Wildman–Crippen LogP) is 1.74. The summed E-state index contributed by atoms with van der Waals surface area (Å²) in [7, 11) is 0. The van der Waals surface area contributed by atoms with Gasteiger partial charge in [0.25, 0.3) is 0 Å². The number of ether oxygens (including phenoxy) is 4. The summed E-state index contributed by atoms with van der Waals surface area (Å²) >= 11 is 0. The van der Waals surface area contributed by atoms with Crippen molar-refractivity contribution in [3.8, 4) is 0 Å². The summed E-state index contributed by atoms with van der Waals surface area (Å²) in [6, 6.07) is 0. The number of hydrogen-bond donors (Lipinski definition) is 0. The lowest BCUT2D eigenvalue weighted by Crippen LogP contribution is -2.33. The van der Waals surface area contributed by atoms with Crippen LogP contribution in [0.5, 0.6) is 0 Å². The van der Waals surface area contributed by atoms with Crippen LogP contribution in [0, 0.1) is 0 Å². The summed E-state index contributed by atoms with van der Waals surface area (Å²) < 4.78 is 21.0. The topological polar surface area (TPSA) is 54.0 Å². The van der Waals surface area contributed by atoms with E-state index in [-0.39, 0.29) is 5.97 Å². The molecule has 0 aromatic carbocycles. The van der Waals surface area contributed by atoms with E-state index in [4.69, 9.17) is 18.9 Å². The monoisotopic (exact) mass is 248 g/mol. The lowest BCUT2D eigenvalue weighted by atomic mass is 10.2. The second kappa shape index (κ2) is 10.5. The largest absolute Gasteiger partial charge is 0.464 e. The first-order valence-electron chi connectivity index (χ1n) is 6.20. The molecule has 0 rings (SSSR count). The first kappa shape index (κ1) is 16.4. The molecule has 0 bridgehead atoms. The molecule has 5 heteroatoms. The van der Waals surface area contributed by atoms with Gasteiger partial charge in [-0.15, -0.1) is 0 Å². The molecular formula is C12H24O5. The first-order valence-corrected chi connectivity index (χ1v) is 6.20. The van der Waals surface area contributed by atoms with Gasteiger partial charge in [0.1, 0.15) is 0 Å². The van der Waals surface area contributed by atoms with Crippen molar-refractivity contribution >= 4 is 5.97 Å². The fourth-order valence-corrected chi connectivity index (χ4v) is 1.40. The normalized spacial score (nSPS) is 12.8. The number of carbonyl (C=O) groups is 1. The molecule has 0 aliphatic rings. The average Bonchev–Trinajstić information content (AvgIpc) is 2.29. The zero-order valence-corrected chi connectivity index (χ0v) is 11.2. The first-order chi connectivity index (χ1) is 8.19. The van der Waals surface area contributed by atoms with Crippen molar-refractivity contribution in [2.24, 2.45) is 0 Å². The van der Waals surface area contributed by atoms with E-state index < -0.39 is 12.4 Å². The minimum absolute atomic E-state index is 0.344. The van der Waals surface area contributed by atoms with Gasteiger partial charge in [0, 0.05) is 26.2 Å². The highest BCUT2D eigenvalue weighted by Crippen LogP contribution is 2.10. The lowest BCUT2D eigenvalue weighted by Gasteiger charge is -2.22. The van der Waals surface area contributed by atoms with Crippen molar-refractivity contribution in [3.05, 3.63) is 0 Å². The highest BCUT2D eigenvalue weighted by molar-refractivity contribution is 5.74. The molecule has 0 aliphatic heterocycles. The van der Waals surface area contributed by atoms with Gasteiger partial charge in [-0.1, -0.05) is 0 Å². The molecular weight excluding hydrogens is 224 g/mol. The zero-order chi connectivity index (χ0) is 13.1. The molecule has 102 valence electrons. The Kier molecular flexibility index (Phi) is 10.1. The molecule has 0 N–H and O–H groups in total. The molecule has 0 heterocycles. The van der Waals surface area contributed by atoms with Crippen LogP contribution >= 0.6 is 0 Å². The molecule has 17 heavy (non-hydrogen) atoms. The fourth-order valence-electron chi connectivity index (χ4n) is 1.40. The van der Waals surface area contributed by atoms with Crippen molar-refractivity contribution < 1.29 is 23.7 Å². The van der Waals surface area contributed by atoms with Crippen molar-refractivity contribution in [1.29, 1.82) is 0 Å². The zero-order valence-electron chi connectivity index (χ0n) is 11.2.